The van der Waals surface area contributed by atoms with Gasteiger partial charge in [-0.3, -0.25) is 0 Å². The van der Waals surface area contributed by atoms with Crippen molar-refractivity contribution in [2.75, 3.05) is 6.54 Å². The molecule has 2 rings (SSSR count). The number of hydrogen-bond donors (Lipinski definition) is 3. The van der Waals surface area contributed by atoms with Gasteiger partial charge < -0.3 is 20.3 Å². The summed E-state index contributed by atoms with van der Waals surface area (Å²) in [5.74, 6) is 0.953. The third kappa shape index (κ3) is 5.75. The number of benzene rings is 1. The molecule has 3 N–H and O–H groups in total. The molecular formula is C16H21Cl2IN4O. The van der Waals surface area contributed by atoms with Crippen LogP contribution >= 0.6 is 47.2 Å². The Hall–Kier alpha value is -1.12. The fraction of sp³-hybridized carbons (Fsp3) is 0.312. The normalized spacial score (nSPS) is 11.1. The third-order valence-corrected chi connectivity index (χ3v) is 4.19. The fourth-order valence-corrected chi connectivity index (χ4v) is 2.46. The Balaban J connectivity index is 0.00000288. The molecule has 8 heteroatoms. The number of phenolic OH excluding ortho intramolecular Hbond substituents is 1. The van der Waals surface area contributed by atoms with E-state index in [4.69, 9.17) is 23.2 Å². The molecule has 0 spiro atoms. The molecule has 0 amide bonds. The summed E-state index contributed by atoms with van der Waals surface area (Å²) in [6, 6.07) is 8.83. The second kappa shape index (κ2) is 10.0. The van der Waals surface area contributed by atoms with E-state index in [0.29, 0.717) is 29.2 Å². The van der Waals surface area contributed by atoms with Crippen LogP contribution in [0.3, 0.4) is 0 Å². The summed E-state index contributed by atoms with van der Waals surface area (Å²) in [5.41, 5.74) is 1.99. The van der Waals surface area contributed by atoms with Crippen LogP contribution in [0, 0.1) is 0 Å². The van der Waals surface area contributed by atoms with Crippen molar-refractivity contribution in [2.24, 2.45) is 12.0 Å². The van der Waals surface area contributed by atoms with Crippen LogP contribution in [-0.4, -0.2) is 22.2 Å². The molecule has 2 aromatic rings. The highest BCUT2D eigenvalue weighted by Gasteiger charge is 2.09. The van der Waals surface area contributed by atoms with Crippen LogP contribution in [0.15, 0.2) is 35.3 Å². The minimum atomic E-state index is 0. The van der Waals surface area contributed by atoms with Crippen molar-refractivity contribution in [3.63, 3.8) is 0 Å². The van der Waals surface area contributed by atoms with Gasteiger partial charge in [-0.15, -0.1) is 24.0 Å². The second-order valence-corrected chi connectivity index (χ2v) is 5.81. The average molecular weight is 483 g/mol. The van der Waals surface area contributed by atoms with Crippen molar-refractivity contribution in [2.45, 2.75) is 20.0 Å². The lowest BCUT2D eigenvalue weighted by Crippen LogP contribution is -2.37. The first-order valence-corrected chi connectivity index (χ1v) is 8.06. The number of aliphatic imine (C=N–C) groups is 1. The largest absolute Gasteiger partial charge is 0.508 e. The molecule has 1 aromatic carbocycles. The Bertz CT molecular complexity index is 686. The molecule has 0 bridgehead atoms. The minimum Gasteiger partial charge on any atom is -0.508 e. The SMILES string of the molecule is CCNC(=NCc1ccc(O)cc1)NCc1cc(Cl)c(Cl)n1C.I. The lowest BCUT2D eigenvalue weighted by atomic mass is 10.2. The quantitative estimate of drug-likeness (QED) is 0.344. The monoisotopic (exact) mass is 482 g/mol. The molecule has 0 saturated carbocycles. The third-order valence-electron chi connectivity index (χ3n) is 3.35. The maximum absolute atomic E-state index is 9.29. The van der Waals surface area contributed by atoms with Gasteiger partial charge in [0.05, 0.1) is 18.1 Å². The van der Waals surface area contributed by atoms with Crippen LogP contribution in [0.2, 0.25) is 10.2 Å². The van der Waals surface area contributed by atoms with Crippen molar-refractivity contribution >= 4 is 53.1 Å². The number of aromatic hydroxyl groups is 1. The van der Waals surface area contributed by atoms with Gasteiger partial charge in [0.1, 0.15) is 10.9 Å². The van der Waals surface area contributed by atoms with Crippen LogP contribution < -0.4 is 10.6 Å². The number of nitrogens with one attached hydrogen (secondary N) is 2. The smallest absolute Gasteiger partial charge is 0.191 e. The van der Waals surface area contributed by atoms with Crippen molar-refractivity contribution in [3.05, 3.63) is 51.8 Å². The first-order valence-electron chi connectivity index (χ1n) is 7.31. The van der Waals surface area contributed by atoms with E-state index in [2.05, 4.69) is 15.6 Å². The van der Waals surface area contributed by atoms with Crippen molar-refractivity contribution in [3.8, 4) is 5.75 Å². The summed E-state index contributed by atoms with van der Waals surface area (Å²) in [5, 5.41) is 16.8. The summed E-state index contributed by atoms with van der Waals surface area (Å²) >= 11 is 12.1. The Kier molecular flexibility index (Phi) is 8.72. The molecule has 1 aromatic heterocycles. The van der Waals surface area contributed by atoms with E-state index in [9.17, 15) is 5.11 Å². The summed E-state index contributed by atoms with van der Waals surface area (Å²) < 4.78 is 1.83. The van der Waals surface area contributed by atoms with Gasteiger partial charge in [-0.2, -0.15) is 0 Å². The summed E-state index contributed by atoms with van der Waals surface area (Å²) in [4.78, 5) is 4.52. The molecule has 0 aliphatic heterocycles. The average Bonchev–Trinajstić information content (AvgIpc) is 2.79. The fourth-order valence-electron chi connectivity index (χ4n) is 2.05. The van der Waals surface area contributed by atoms with Crippen LogP contribution in [0.1, 0.15) is 18.2 Å². The van der Waals surface area contributed by atoms with E-state index in [1.54, 1.807) is 12.1 Å². The van der Waals surface area contributed by atoms with Gasteiger partial charge in [0.25, 0.3) is 0 Å². The van der Waals surface area contributed by atoms with Crippen molar-refractivity contribution < 1.29 is 5.11 Å². The van der Waals surface area contributed by atoms with Gasteiger partial charge in [0.2, 0.25) is 0 Å². The van der Waals surface area contributed by atoms with E-state index >= 15 is 0 Å². The maximum Gasteiger partial charge on any atom is 0.191 e. The molecule has 0 aliphatic carbocycles. The summed E-state index contributed by atoms with van der Waals surface area (Å²) in [7, 11) is 1.87. The van der Waals surface area contributed by atoms with Gasteiger partial charge in [0.15, 0.2) is 5.96 Å². The van der Waals surface area contributed by atoms with Crippen molar-refractivity contribution in [1.82, 2.24) is 15.2 Å². The van der Waals surface area contributed by atoms with Crippen molar-refractivity contribution in [1.29, 1.82) is 0 Å². The molecule has 24 heavy (non-hydrogen) atoms. The van der Waals surface area contributed by atoms with Crippen LogP contribution in [0.4, 0.5) is 0 Å². The molecule has 0 saturated heterocycles. The molecular weight excluding hydrogens is 462 g/mol. The number of halogens is 3. The van der Waals surface area contributed by atoms with E-state index in [0.717, 1.165) is 17.8 Å². The van der Waals surface area contributed by atoms with Crippen LogP contribution in [0.25, 0.3) is 0 Å². The Morgan fingerprint density at radius 1 is 1.21 bits per heavy atom. The van der Waals surface area contributed by atoms with Gasteiger partial charge in [-0.05, 0) is 30.7 Å². The molecule has 0 unspecified atom stereocenters. The molecule has 0 radical (unpaired) electrons. The number of rotatable bonds is 5. The standard InChI is InChI=1S/C16H20Cl2N4O.HI/c1-3-19-16(20-9-11-4-6-13(23)7-5-11)21-10-12-8-14(17)15(18)22(12)2;/h4-8,23H,3,9-10H2,1-2H3,(H2,19,20,21);1H. The zero-order valence-corrected chi connectivity index (χ0v) is 17.4. The van der Waals surface area contributed by atoms with Gasteiger partial charge in [-0.1, -0.05) is 35.3 Å². The van der Waals surface area contributed by atoms with Gasteiger partial charge in [-0.25, -0.2) is 4.99 Å². The zero-order chi connectivity index (χ0) is 16.8. The van der Waals surface area contributed by atoms with E-state index in [1.165, 1.54) is 0 Å². The first-order chi connectivity index (χ1) is 11.0. The van der Waals surface area contributed by atoms with Gasteiger partial charge in [0, 0.05) is 19.3 Å². The van der Waals surface area contributed by atoms with Crippen LogP contribution in [-0.2, 0) is 20.1 Å². The predicted molar refractivity (Wildman–Crippen MR) is 111 cm³/mol. The molecule has 0 fully saturated rings. The molecule has 132 valence electrons. The zero-order valence-electron chi connectivity index (χ0n) is 13.5. The Morgan fingerprint density at radius 2 is 1.88 bits per heavy atom. The molecule has 5 nitrogen and oxygen atoms in total. The Labute approximate surface area is 169 Å². The second-order valence-electron chi connectivity index (χ2n) is 5.05. The maximum atomic E-state index is 9.29. The lowest BCUT2D eigenvalue weighted by Gasteiger charge is -2.12. The van der Waals surface area contributed by atoms with Crippen LogP contribution in [0.5, 0.6) is 5.75 Å². The molecule has 1 heterocycles. The number of hydrogen-bond acceptors (Lipinski definition) is 2. The number of aromatic nitrogens is 1. The summed E-state index contributed by atoms with van der Waals surface area (Å²) in [6.07, 6.45) is 0. The predicted octanol–water partition coefficient (Wildman–Crippen LogP) is 3.91. The lowest BCUT2D eigenvalue weighted by molar-refractivity contribution is 0.475. The molecule has 0 aliphatic rings. The number of phenols is 1. The molecule has 0 atom stereocenters. The van der Waals surface area contributed by atoms with E-state index in [-0.39, 0.29) is 29.7 Å². The highest BCUT2D eigenvalue weighted by atomic mass is 127. The topological polar surface area (TPSA) is 61.6 Å². The summed E-state index contributed by atoms with van der Waals surface area (Å²) in [6.45, 7) is 3.85. The first kappa shape index (κ1) is 20.9. The van der Waals surface area contributed by atoms with Gasteiger partial charge >= 0.3 is 0 Å². The van der Waals surface area contributed by atoms with E-state index < -0.39 is 0 Å². The van der Waals surface area contributed by atoms with E-state index in [1.807, 2.05) is 36.7 Å². The number of nitrogens with zero attached hydrogens (tertiary/aromatic N) is 2. The highest BCUT2D eigenvalue weighted by molar-refractivity contribution is 14.0. The number of guanidine groups is 1. The minimum absolute atomic E-state index is 0. The Morgan fingerprint density at radius 3 is 2.42 bits per heavy atom. The highest BCUT2D eigenvalue weighted by Crippen LogP contribution is 2.24.